The second kappa shape index (κ2) is 4.42. The molecule has 1 saturated carbocycles. The van der Waals surface area contributed by atoms with Crippen LogP contribution in [0.5, 0.6) is 0 Å². The standard InChI is InChI=1S/C13H12Cl4O2/c1-11(2)12(10(18)19,13(11,16)17)6-7-8(14)4-3-5-9(7)15/h3-5H,6H2,1-2H3,(H,18,19). The molecule has 6 heteroatoms. The Hall–Kier alpha value is -0.150. The molecule has 2 nitrogen and oxygen atoms in total. The molecule has 19 heavy (non-hydrogen) atoms. The number of hydrogen-bond donors (Lipinski definition) is 1. The van der Waals surface area contributed by atoms with Crippen molar-refractivity contribution < 1.29 is 9.90 Å². The zero-order valence-electron chi connectivity index (χ0n) is 10.3. The van der Waals surface area contributed by atoms with Crippen molar-refractivity contribution in [2.24, 2.45) is 10.8 Å². The van der Waals surface area contributed by atoms with Gasteiger partial charge < -0.3 is 5.11 Å². The van der Waals surface area contributed by atoms with Crippen molar-refractivity contribution in [3.63, 3.8) is 0 Å². The molecule has 0 aromatic heterocycles. The van der Waals surface area contributed by atoms with E-state index in [1.807, 2.05) is 0 Å². The van der Waals surface area contributed by atoms with Crippen LogP contribution in [0.15, 0.2) is 18.2 Å². The van der Waals surface area contributed by atoms with Crippen LogP contribution in [0.25, 0.3) is 0 Å². The van der Waals surface area contributed by atoms with Crippen molar-refractivity contribution in [1.82, 2.24) is 0 Å². The van der Waals surface area contributed by atoms with Gasteiger partial charge in [-0.1, -0.05) is 66.3 Å². The number of carbonyl (C=O) groups is 1. The minimum atomic E-state index is -1.35. The Balaban J connectivity index is 2.50. The summed E-state index contributed by atoms with van der Waals surface area (Å²) in [5, 5.41) is 10.4. The van der Waals surface area contributed by atoms with E-state index in [9.17, 15) is 9.90 Å². The number of benzene rings is 1. The van der Waals surface area contributed by atoms with E-state index >= 15 is 0 Å². The minimum Gasteiger partial charge on any atom is -0.481 e. The number of carboxylic acid groups (broad SMARTS) is 1. The maximum Gasteiger partial charge on any atom is 0.313 e. The highest BCUT2D eigenvalue weighted by Gasteiger charge is 2.86. The smallest absolute Gasteiger partial charge is 0.313 e. The summed E-state index contributed by atoms with van der Waals surface area (Å²) in [6.07, 6.45) is 0.0981. The van der Waals surface area contributed by atoms with Crippen LogP contribution in [0.4, 0.5) is 0 Å². The molecule has 0 radical (unpaired) electrons. The van der Waals surface area contributed by atoms with Gasteiger partial charge in [0.15, 0.2) is 0 Å². The molecule has 1 atom stereocenters. The van der Waals surface area contributed by atoms with Crippen molar-refractivity contribution in [2.75, 3.05) is 0 Å². The molecule has 0 saturated heterocycles. The zero-order chi connectivity index (χ0) is 14.6. The molecule has 1 fully saturated rings. The van der Waals surface area contributed by atoms with Crippen LogP contribution in [-0.4, -0.2) is 15.4 Å². The van der Waals surface area contributed by atoms with E-state index < -0.39 is 21.1 Å². The Labute approximate surface area is 131 Å². The Morgan fingerprint density at radius 2 is 1.63 bits per heavy atom. The third-order valence-corrected chi connectivity index (χ3v) is 6.49. The molecule has 1 aliphatic rings. The third-order valence-electron chi connectivity index (χ3n) is 4.19. The number of halogens is 4. The number of rotatable bonds is 3. The van der Waals surface area contributed by atoms with Gasteiger partial charge in [0.1, 0.15) is 9.75 Å². The lowest BCUT2D eigenvalue weighted by Gasteiger charge is -2.17. The summed E-state index contributed by atoms with van der Waals surface area (Å²) in [5.41, 5.74) is -1.50. The first kappa shape index (κ1) is 15.2. The molecule has 1 aromatic carbocycles. The van der Waals surface area contributed by atoms with Crippen LogP contribution in [0.2, 0.25) is 10.0 Å². The fraction of sp³-hybridized carbons (Fsp3) is 0.462. The maximum absolute atomic E-state index is 11.7. The van der Waals surface area contributed by atoms with Crippen molar-refractivity contribution in [3.05, 3.63) is 33.8 Å². The van der Waals surface area contributed by atoms with Gasteiger partial charge in [-0.25, -0.2) is 0 Å². The van der Waals surface area contributed by atoms with E-state index in [0.29, 0.717) is 15.6 Å². The van der Waals surface area contributed by atoms with Crippen LogP contribution >= 0.6 is 46.4 Å². The van der Waals surface area contributed by atoms with Crippen molar-refractivity contribution in [1.29, 1.82) is 0 Å². The molecule has 1 unspecified atom stereocenters. The second-order valence-electron chi connectivity index (χ2n) is 5.29. The molecule has 1 aromatic rings. The number of aliphatic carboxylic acids is 1. The Morgan fingerprint density at radius 1 is 1.21 bits per heavy atom. The molecule has 0 aliphatic heterocycles. The van der Waals surface area contributed by atoms with Gasteiger partial charge in [0.05, 0.1) is 0 Å². The lowest BCUT2D eigenvalue weighted by molar-refractivity contribution is -0.144. The predicted molar refractivity (Wildman–Crippen MR) is 78.5 cm³/mol. The van der Waals surface area contributed by atoms with E-state index in [0.717, 1.165) is 0 Å². The van der Waals surface area contributed by atoms with Gasteiger partial charge >= 0.3 is 5.97 Å². The van der Waals surface area contributed by atoms with E-state index in [4.69, 9.17) is 46.4 Å². The van der Waals surface area contributed by atoms with Gasteiger partial charge in [0.2, 0.25) is 0 Å². The first-order valence-electron chi connectivity index (χ1n) is 5.63. The average molecular weight is 342 g/mol. The highest BCUT2D eigenvalue weighted by molar-refractivity contribution is 6.54. The van der Waals surface area contributed by atoms with Gasteiger partial charge in [-0.15, -0.1) is 0 Å². The van der Waals surface area contributed by atoms with Crippen LogP contribution in [-0.2, 0) is 11.2 Å². The quantitative estimate of drug-likeness (QED) is 0.800. The van der Waals surface area contributed by atoms with Crippen LogP contribution in [0.3, 0.4) is 0 Å². The van der Waals surface area contributed by atoms with Gasteiger partial charge in [0.25, 0.3) is 0 Å². The topological polar surface area (TPSA) is 37.3 Å². The molecule has 104 valence electrons. The van der Waals surface area contributed by atoms with E-state index in [-0.39, 0.29) is 6.42 Å². The highest BCUT2D eigenvalue weighted by atomic mass is 35.5. The van der Waals surface area contributed by atoms with Gasteiger partial charge in [-0.2, -0.15) is 0 Å². The number of alkyl halides is 2. The van der Waals surface area contributed by atoms with Crippen molar-refractivity contribution in [3.8, 4) is 0 Å². The summed E-state index contributed by atoms with van der Waals surface area (Å²) in [7, 11) is 0. The summed E-state index contributed by atoms with van der Waals surface area (Å²) in [5.74, 6) is -1.04. The largest absolute Gasteiger partial charge is 0.481 e. The third kappa shape index (κ3) is 1.80. The van der Waals surface area contributed by atoms with Gasteiger partial charge in [-0.3, -0.25) is 4.79 Å². The van der Waals surface area contributed by atoms with Crippen LogP contribution < -0.4 is 0 Å². The second-order valence-corrected chi connectivity index (χ2v) is 7.43. The molecular weight excluding hydrogens is 330 g/mol. The summed E-state index contributed by atoms with van der Waals surface area (Å²) in [6, 6.07) is 5.03. The van der Waals surface area contributed by atoms with Gasteiger partial charge in [0, 0.05) is 15.5 Å². The zero-order valence-corrected chi connectivity index (χ0v) is 13.3. The first-order chi connectivity index (χ1) is 8.59. The Bertz CT molecular complexity index is 517. The monoisotopic (exact) mass is 340 g/mol. The summed E-state index contributed by atoms with van der Waals surface area (Å²) >= 11 is 24.6. The lowest BCUT2D eigenvalue weighted by Crippen LogP contribution is -2.26. The van der Waals surface area contributed by atoms with E-state index in [1.165, 1.54) is 0 Å². The Kier molecular flexibility index (Phi) is 3.55. The number of carboxylic acids is 1. The number of hydrogen-bond acceptors (Lipinski definition) is 1. The summed E-state index contributed by atoms with van der Waals surface area (Å²) < 4.78 is -1.35. The summed E-state index contributed by atoms with van der Waals surface area (Å²) in [4.78, 5) is 11.7. The fourth-order valence-corrected chi connectivity index (χ4v) is 4.16. The normalized spacial score (nSPS) is 27.1. The maximum atomic E-state index is 11.7. The van der Waals surface area contributed by atoms with Gasteiger partial charge in [-0.05, 0) is 24.1 Å². The molecule has 0 spiro atoms. The van der Waals surface area contributed by atoms with Crippen molar-refractivity contribution in [2.45, 2.75) is 24.6 Å². The molecule has 0 bridgehead atoms. The van der Waals surface area contributed by atoms with Crippen LogP contribution in [0.1, 0.15) is 19.4 Å². The lowest BCUT2D eigenvalue weighted by atomic mass is 9.89. The van der Waals surface area contributed by atoms with E-state index in [2.05, 4.69) is 0 Å². The Morgan fingerprint density at radius 3 is 1.95 bits per heavy atom. The molecule has 0 heterocycles. The molecule has 1 N–H and O–H groups in total. The fourth-order valence-electron chi connectivity index (χ4n) is 2.63. The summed E-state index contributed by atoms with van der Waals surface area (Å²) in [6.45, 7) is 3.46. The average Bonchev–Trinajstić information content (AvgIpc) is 2.61. The molecular formula is C13H12Cl4O2. The highest BCUT2D eigenvalue weighted by Crippen LogP contribution is 2.79. The predicted octanol–water partition coefficient (Wildman–Crippen LogP) is 4.82. The molecule has 0 amide bonds. The first-order valence-corrected chi connectivity index (χ1v) is 7.15. The SMILES string of the molecule is CC1(C)C(Cl)(Cl)C1(Cc1c(Cl)cccc1Cl)C(=O)O. The molecule has 2 rings (SSSR count). The molecule has 1 aliphatic carbocycles. The van der Waals surface area contributed by atoms with E-state index in [1.54, 1.807) is 32.0 Å². The minimum absolute atomic E-state index is 0.0981. The van der Waals surface area contributed by atoms with Crippen molar-refractivity contribution >= 4 is 52.4 Å². The van der Waals surface area contributed by atoms with Crippen LogP contribution in [0, 0.1) is 10.8 Å².